The highest BCUT2D eigenvalue weighted by atomic mass is 32.1. The Balaban J connectivity index is 0.00000169. The van der Waals surface area contributed by atoms with Crippen molar-refractivity contribution in [3.63, 3.8) is 0 Å². The SMILES string of the molecule is C=C/C=C(\C=C/C)CC(NC(=O)C(C)C(OC)C1CCCN1C(=O)CC(OC)C(C(C)CC)N(C)C(=O)CC(C)(C)O)c1nccs1.CNC(C)(C)C(N)=O. The van der Waals surface area contributed by atoms with E-state index < -0.39 is 29.3 Å². The lowest BCUT2D eigenvalue weighted by atomic mass is 9.89. The van der Waals surface area contributed by atoms with E-state index in [1.807, 2.05) is 56.2 Å². The molecule has 14 heteroatoms. The predicted molar refractivity (Wildman–Crippen MR) is 220 cm³/mol. The van der Waals surface area contributed by atoms with Gasteiger partial charge in [-0.25, -0.2) is 4.98 Å². The number of aromatic nitrogens is 1. The van der Waals surface area contributed by atoms with Crippen LogP contribution in [0.25, 0.3) is 0 Å². The molecule has 13 nitrogen and oxygen atoms in total. The van der Waals surface area contributed by atoms with Crippen LogP contribution in [0.4, 0.5) is 0 Å². The van der Waals surface area contributed by atoms with E-state index in [0.717, 1.165) is 23.4 Å². The molecule has 4 amide bonds. The van der Waals surface area contributed by atoms with Crippen molar-refractivity contribution in [3.8, 4) is 0 Å². The largest absolute Gasteiger partial charge is 0.390 e. The van der Waals surface area contributed by atoms with Crippen LogP contribution >= 0.6 is 11.3 Å². The summed E-state index contributed by atoms with van der Waals surface area (Å²) in [5.74, 6) is -1.31. The fraction of sp³-hybridized carbons (Fsp3) is 0.683. The maximum atomic E-state index is 14.0. The number of carbonyl (C=O) groups excluding carboxylic acids is 4. The number of aliphatic hydroxyl groups is 1. The Hall–Kier alpha value is -3.43. The van der Waals surface area contributed by atoms with Gasteiger partial charge in [0.1, 0.15) is 5.01 Å². The van der Waals surface area contributed by atoms with Crippen molar-refractivity contribution in [2.45, 2.75) is 135 Å². The molecule has 1 fully saturated rings. The second-order valence-electron chi connectivity index (χ2n) is 15.5. The van der Waals surface area contributed by atoms with Crippen molar-refractivity contribution in [3.05, 3.63) is 53.0 Å². The third-order valence-corrected chi connectivity index (χ3v) is 11.2. The number of methoxy groups -OCH3 is 2. The molecule has 1 aromatic rings. The van der Waals surface area contributed by atoms with E-state index in [4.69, 9.17) is 15.2 Å². The number of nitrogens with zero attached hydrogens (tertiary/aromatic N) is 3. The van der Waals surface area contributed by atoms with Crippen molar-refractivity contribution in [2.24, 2.45) is 17.6 Å². The number of amides is 4. The minimum Gasteiger partial charge on any atom is -0.390 e. The molecular formula is C41H70N6O7S. The van der Waals surface area contributed by atoms with Crippen molar-refractivity contribution in [1.29, 1.82) is 0 Å². The van der Waals surface area contributed by atoms with Gasteiger partial charge in [0.2, 0.25) is 23.6 Å². The molecule has 0 radical (unpaired) electrons. The third kappa shape index (κ3) is 15.6. The Morgan fingerprint density at radius 3 is 2.29 bits per heavy atom. The summed E-state index contributed by atoms with van der Waals surface area (Å²) in [5.41, 5.74) is 4.28. The molecule has 1 aromatic heterocycles. The Labute approximate surface area is 334 Å². The van der Waals surface area contributed by atoms with Crippen molar-refractivity contribution in [1.82, 2.24) is 25.4 Å². The van der Waals surface area contributed by atoms with Gasteiger partial charge in [-0.2, -0.15) is 0 Å². The second-order valence-corrected chi connectivity index (χ2v) is 16.4. The summed E-state index contributed by atoms with van der Waals surface area (Å²) in [6, 6.07) is -0.986. The summed E-state index contributed by atoms with van der Waals surface area (Å²) in [5, 5.41) is 18.9. The van der Waals surface area contributed by atoms with Gasteiger partial charge in [-0.05, 0) is 72.4 Å². The first-order valence-corrected chi connectivity index (χ1v) is 20.1. The van der Waals surface area contributed by atoms with Crippen LogP contribution in [0.5, 0.6) is 0 Å². The maximum absolute atomic E-state index is 14.0. The molecule has 0 aliphatic carbocycles. The van der Waals surface area contributed by atoms with Crippen LogP contribution in [0.1, 0.15) is 105 Å². The molecule has 5 N–H and O–H groups in total. The Kier molecular flexibility index (Phi) is 21.3. The maximum Gasteiger partial charge on any atom is 0.237 e. The summed E-state index contributed by atoms with van der Waals surface area (Å²) in [6.45, 7) is 18.9. The number of allylic oxidation sites excluding steroid dienone is 4. The standard InChI is InChI=1S/C36H58N4O6S.C5H12N2O/c1-11-15-26(16-12-2)21-27(35-37-18-20-47-35)38-34(43)25(5)33(46-10)28-17-14-19-40(28)30(41)22-29(45-9)32(24(4)13-3)39(8)31(42)23-36(6,7)44;1-5(2,7-3)4(6)8/h11-12,15-16,18,20,24-25,27-29,32-33,44H,1,13-14,17,19,21-23H2,2-10H3,(H,38,43);7H,1-3H3,(H2,6,8)/b16-12-,26-15+;. The van der Waals surface area contributed by atoms with Gasteiger partial charge in [0.25, 0.3) is 0 Å². The molecule has 312 valence electrons. The molecule has 0 bridgehead atoms. The minimum absolute atomic E-state index is 0.0327. The van der Waals surface area contributed by atoms with Crippen molar-refractivity contribution >= 4 is 35.0 Å². The Morgan fingerprint density at radius 1 is 1.18 bits per heavy atom. The predicted octanol–water partition coefficient (Wildman–Crippen LogP) is 4.93. The molecular weight excluding hydrogens is 721 g/mol. The second kappa shape index (κ2) is 23.6. The minimum atomic E-state index is -1.15. The lowest BCUT2D eigenvalue weighted by molar-refractivity contribution is -0.147. The van der Waals surface area contributed by atoms with Gasteiger partial charge >= 0.3 is 0 Å². The molecule has 7 atom stereocenters. The van der Waals surface area contributed by atoms with E-state index >= 15 is 0 Å². The summed E-state index contributed by atoms with van der Waals surface area (Å²) in [4.78, 5) is 59.2. The normalized spacial score (nSPS) is 18.4. The fourth-order valence-electron chi connectivity index (χ4n) is 6.65. The number of nitrogens with one attached hydrogen (secondary N) is 2. The van der Waals surface area contributed by atoms with E-state index in [1.165, 1.54) is 11.3 Å². The summed E-state index contributed by atoms with van der Waals surface area (Å²) in [6.07, 6.45) is 11.1. The molecule has 55 heavy (non-hydrogen) atoms. The van der Waals surface area contributed by atoms with Crippen LogP contribution < -0.4 is 16.4 Å². The van der Waals surface area contributed by atoms with Gasteiger partial charge < -0.3 is 40.7 Å². The van der Waals surface area contributed by atoms with E-state index in [9.17, 15) is 24.3 Å². The molecule has 0 spiro atoms. The summed E-state index contributed by atoms with van der Waals surface area (Å²) < 4.78 is 11.9. The number of nitrogens with two attached hydrogens (primary N) is 1. The summed E-state index contributed by atoms with van der Waals surface area (Å²) in [7, 11) is 6.57. The molecule has 0 aromatic carbocycles. The number of likely N-dealkylation sites (tertiary alicyclic amines) is 1. The summed E-state index contributed by atoms with van der Waals surface area (Å²) >= 11 is 1.49. The van der Waals surface area contributed by atoms with Crippen LogP contribution in [0, 0.1) is 11.8 Å². The van der Waals surface area contributed by atoms with Crippen LogP contribution in [-0.4, -0.2) is 114 Å². The number of primary amides is 1. The van der Waals surface area contributed by atoms with Gasteiger partial charge in [-0.3, -0.25) is 19.2 Å². The van der Waals surface area contributed by atoms with E-state index in [-0.39, 0.29) is 60.5 Å². The number of ether oxygens (including phenoxy) is 2. The zero-order valence-electron chi connectivity index (χ0n) is 35.4. The first-order valence-electron chi connectivity index (χ1n) is 19.2. The van der Waals surface area contributed by atoms with Crippen molar-refractivity contribution in [2.75, 3.05) is 34.9 Å². The number of hydrogen-bond donors (Lipinski definition) is 4. The molecule has 7 unspecified atom stereocenters. The fourth-order valence-corrected chi connectivity index (χ4v) is 7.34. The molecule has 1 aliphatic heterocycles. The highest BCUT2D eigenvalue weighted by Gasteiger charge is 2.42. The molecule has 2 rings (SSSR count). The molecule has 1 saturated heterocycles. The van der Waals surface area contributed by atoms with Crippen LogP contribution in [-0.2, 0) is 28.7 Å². The van der Waals surface area contributed by atoms with Gasteiger partial charge in [0.05, 0.1) is 60.2 Å². The number of rotatable bonds is 21. The Morgan fingerprint density at radius 2 is 1.84 bits per heavy atom. The number of likely N-dealkylation sites (N-methyl/N-ethyl adjacent to an activating group) is 2. The van der Waals surface area contributed by atoms with E-state index in [1.54, 1.807) is 73.2 Å². The topological polar surface area (TPSA) is 176 Å². The smallest absolute Gasteiger partial charge is 0.237 e. The average molecular weight is 791 g/mol. The van der Waals surface area contributed by atoms with Gasteiger partial charge in [-0.1, -0.05) is 58.1 Å². The number of hydrogen-bond acceptors (Lipinski definition) is 10. The van der Waals surface area contributed by atoms with Gasteiger partial charge in [0, 0.05) is 39.4 Å². The van der Waals surface area contributed by atoms with Crippen LogP contribution in [0.3, 0.4) is 0 Å². The average Bonchev–Trinajstić information content (AvgIpc) is 3.84. The quantitative estimate of drug-likeness (QED) is 0.126. The highest BCUT2D eigenvalue weighted by Crippen LogP contribution is 2.31. The zero-order valence-corrected chi connectivity index (χ0v) is 36.2. The number of carbonyl (C=O) groups is 4. The van der Waals surface area contributed by atoms with Crippen LogP contribution in [0.15, 0.2) is 48.0 Å². The van der Waals surface area contributed by atoms with E-state index in [0.29, 0.717) is 19.4 Å². The first-order chi connectivity index (χ1) is 25.7. The van der Waals surface area contributed by atoms with Crippen molar-refractivity contribution < 1.29 is 33.8 Å². The molecule has 2 heterocycles. The molecule has 0 saturated carbocycles. The number of thiazole rings is 1. The lowest BCUT2D eigenvalue weighted by Crippen LogP contribution is -2.53. The van der Waals surface area contributed by atoms with Gasteiger partial charge in [-0.15, -0.1) is 11.3 Å². The van der Waals surface area contributed by atoms with Crippen LogP contribution in [0.2, 0.25) is 0 Å². The highest BCUT2D eigenvalue weighted by molar-refractivity contribution is 7.09. The first kappa shape index (κ1) is 49.6. The molecule has 1 aliphatic rings. The monoisotopic (exact) mass is 791 g/mol. The zero-order chi connectivity index (χ0) is 42.1. The lowest BCUT2D eigenvalue weighted by Gasteiger charge is -2.40. The Bertz CT molecular complexity index is 1420. The third-order valence-electron chi connectivity index (χ3n) is 10.3. The van der Waals surface area contributed by atoms with Gasteiger partial charge in [0.15, 0.2) is 0 Å². The van der Waals surface area contributed by atoms with E-state index in [2.05, 4.69) is 22.2 Å².